The maximum atomic E-state index is 11.6. The molecular formula is C13H11ClN2O3. The van der Waals surface area contributed by atoms with Gasteiger partial charge in [0.1, 0.15) is 11.5 Å². The van der Waals surface area contributed by atoms with Gasteiger partial charge in [-0.2, -0.15) is 0 Å². The first-order valence-electron chi connectivity index (χ1n) is 5.36. The second-order valence-electron chi connectivity index (χ2n) is 3.83. The van der Waals surface area contributed by atoms with Gasteiger partial charge in [0.05, 0.1) is 11.4 Å². The molecule has 0 bridgehead atoms. The molecule has 5 nitrogen and oxygen atoms in total. The maximum Gasteiger partial charge on any atom is 0.324 e. The first kappa shape index (κ1) is 13.0. The van der Waals surface area contributed by atoms with E-state index in [0.29, 0.717) is 10.7 Å². The second-order valence-corrected chi connectivity index (χ2v) is 4.26. The van der Waals surface area contributed by atoms with Crippen LogP contribution < -0.4 is 10.6 Å². The van der Waals surface area contributed by atoms with Crippen molar-refractivity contribution in [2.75, 3.05) is 4.90 Å². The van der Waals surface area contributed by atoms with Crippen LogP contribution in [0.3, 0.4) is 0 Å². The number of nitrogens with two attached hydrogens (primary N) is 1. The van der Waals surface area contributed by atoms with Crippen LogP contribution in [-0.4, -0.2) is 16.2 Å². The van der Waals surface area contributed by atoms with E-state index in [0.717, 1.165) is 4.90 Å². The van der Waals surface area contributed by atoms with E-state index in [1.54, 1.807) is 12.1 Å². The van der Waals surface area contributed by atoms with Crippen LogP contribution in [0, 0.1) is 0 Å². The van der Waals surface area contributed by atoms with Gasteiger partial charge < -0.3 is 15.9 Å². The molecule has 98 valence electrons. The number of nitrogens with zero attached hydrogens (tertiary/aromatic N) is 1. The zero-order valence-electron chi connectivity index (χ0n) is 9.75. The molecule has 0 saturated carbocycles. The average Bonchev–Trinajstić information content (AvgIpc) is 2.33. The second kappa shape index (κ2) is 5.07. The monoisotopic (exact) mass is 278 g/mol. The number of anilines is 2. The number of hydrogen-bond acceptors (Lipinski definition) is 3. The first-order chi connectivity index (χ1) is 8.99. The predicted octanol–water partition coefficient (Wildman–Crippen LogP) is 2.97. The van der Waals surface area contributed by atoms with Gasteiger partial charge in [0.25, 0.3) is 0 Å². The van der Waals surface area contributed by atoms with Crippen LogP contribution in [0.15, 0.2) is 42.5 Å². The SMILES string of the molecule is NC(=O)N(c1cccc(O)c1)c1cc(Cl)ccc1O. The molecule has 0 unspecified atom stereocenters. The number of phenolic OH excluding ortho intramolecular Hbond substituents is 2. The van der Waals surface area contributed by atoms with Crippen LogP contribution >= 0.6 is 11.6 Å². The van der Waals surface area contributed by atoms with E-state index in [9.17, 15) is 15.0 Å². The van der Waals surface area contributed by atoms with Gasteiger partial charge in [0.15, 0.2) is 0 Å². The van der Waals surface area contributed by atoms with Gasteiger partial charge in [-0.05, 0) is 30.3 Å². The topological polar surface area (TPSA) is 86.8 Å². The summed E-state index contributed by atoms with van der Waals surface area (Å²) in [5.74, 6) is -0.170. The van der Waals surface area contributed by atoms with Crippen molar-refractivity contribution in [3.8, 4) is 11.5 Å². The smallest absolute Gasteiger partial charge is 0.324 e. The van der Waals surface area contributed by atoms with Crippen LogP contribution in [0.4, 0.5) is 16.2 Å². The van der Waals surface area contributed by atoms with Gasteiger partial charge >= 0.3 is 6.03 Å². The van der Waals surface area contributed by atoms with Gasteiger partial charge in [0, 0.05) is 11.1 Å². The molecule has 0 atom stereocenters. The lowest BCUT2D eigenvalue weighted by molar-refractivity contribution is 0.256. The Balaban J connectivity index is 2.58. The van der Waals surface area contributed by atoms with Crippen LogP contribution in [0.1, 0.15) is 0 Å². The molecule has 4 N–H and O–H groups in total. The number of halogens is 1. The molecule has 19 heavy (non-hydrogen) atoms. The largest absolute Gasteiger partial charge is 0.508 e. The fraction of sp³-hybridized carbons (Fsp3) is 0. The Hall–Kier alpha value is -2.40. The van der Waals surface area contributed by atoms with Crippen molar-refractivity contribution in [1.29, 1.82) is 0 Å². The molecule has 6 heteroatoms. The van der Waals surface area contributed by atoms with E-state index in [2.05, 4.69) is 0 Å². The predicted molar refractivity (Wildman–Crippen MR) is 72.9 cm³/mol. The Morgan fingerprint density at radius 1 is 1.16 bits per heavy atom. The molecule has 2 rings (SSSR count). The van der Waals surface area contributed by atoms with Crippen molar-refractivity contribution < 1.29 is 15.0 Å². The minimum atomic E-state index is -0.803. The number of amides is 2. The number of benzene rings is 2. The summed E-state index contributed by atoms with van der Waals surface area (Å²) in [6.07, 6.45) is 0. The molecule has 0 aliphatic heterocycles. The number of phenols is 2. The van der Waals surface area contributed by atoms with Gasteiger partial charge in [-0.15, -0.1) is 0 Å². The van der Waals surface area contributed by atoms with E-state index in [1.807, 2.05) is 0 Å². The minimum Gasteiger partial charge on any atom is -0.508 e. The van der Waals surface area contributed by atoms with Gasteiger partial charge in [-0.3, -0.25) is 4.90 Å². The van der Waals surface area contributed by atoms with E-state index < -0.39 is 6.03 Å². The highest BCUT2D eigenvalue weighted by Crippen LogP contribution is 2.35. The fourth-order valence-electron chi connectivity index (χ4n) is 1.69. The molecule has 2 aromatic carbocycles. The number of hydrogen-bond donors (Lipinski definition) is 3. The Morgan fingerprint density at radius 2 is 1.89 bits per heavy atom. The van der Waals surface area contributed by atoms with E-state index in [1.165, 1.54) is 30.3 Å². The number of carbonyl (C=O) groups excluding carboxylic acids is 1. The van der Waals surface area contributed by atoms with Gasteiger partial charge in [-0.25, -0.2) is 4.79 Å². The summed E-state index contributed by atoms with van der Waals surface area (Å²) in [4.78, 5) is 12.6. The van der Waals surface area contributed by atoms with Gasteiger partial charge in [-0.1, -0.05) is 17.7 Å². The molecule has 2 aromatic rings. The molecule has 0 spiro atoms. The van der Waals surface area contributed by atoms with Crippen molar-refractivity contribution >= 4 is 29.0 Å². The number of urea groups is 1. The van der Waals surface area contributed by atoms with Crippen molar-refractivity contribution in [2.24, 2.45) is 5.73 Å². The maximum absolute atomic E-state index is 11.6. The minimum absolute atomic E-state index is 0.0229. The van der Waals surface area contributed by atoms with E-state index in [-0.39, 0.29) is 17.2 Å². The zero-order valence-corrected chi connectivity index (χ0v) is 10.5. The number of aromatic hydroxyl groups is 2. The highest BCUT2D eigenvalue weighted by atomic mass is 35.5. The molecule has 0 aliphatic rings. The normalized spacial score (nSPS) is 10.2. The lowest BCUT2D eigenvalue weighted by Gasteiger charge is -2.21. The van der Waals surface area contributed by atoms with Crippen molar-refractivity contribution in [1.82, 2.24) is 0 Å². The molecule has 0 fully saturated rings. The highest BCUT2D eigenvalue weighted by Gasteiger charge is 2.19. The Labute approximate surface area is 114 Å². The lowest BCUT2D eigenvalue weighted by atomic mass is 10.2. The average molecular weight is 279 g/mol. The van der Waals surface area contributed by atoms with Crippen LogP contribution in [-0.2, 0) is 0 Å². The summed E-state index contributed by atoms with van der Waals surface area (Å²) in [5.41, 5.74) is 5.79. The standard InChI is InChI=1S/C13H11ClN2O3/c14-8-4-5-12(18)11(6-8)16(13(15)19)9-2-1-3-10(17)7-9/h1-7,17-18H,(H2,15,19). The van der Waals surface area contributed by atoms with Crippen molar-refractivity contribution in [3.05, 3.63) is 47.5 Å². The third kappa shape index (κ3) is 2.71. The Kier molecular flexibility index (Phi) is 3.48. The Morgan fingerprint density at radius 3 is 2.53 bits per heavy atom. The molecule has 0 aliphatic carbocycles. The molecular weight excluding hydrogens is 268 g/mol. The summed E-state index contributed by atoms with van der Waals surface area (Å²) in [6, 6.07) is 9.39. The Bertz CT molecular complexity index is 631. The van der Waals surface area contributed by atoms with Crippen LogP contribution in [0.2, 0.25) is 5.02 Å². The molecule has 0 saturated heterocycles. The van der Waals surface area contributed by atoms with Crippen molar-refractivity contribution in [3.63, 3.8) is 0 Å². The number of rotatable bonds is 2. The van der Waals surface area contributed by atoms with Gasteiger partial charge in [0.2, 0.25) is 0 Å². The first-order valence-corrected chi connectivity index (χ1v) is 5.74. The molecule has 2 amide bonds. The van der Waals surface area contributed by atoms with E-state index in [4.69, 9.17) is 17.3 Å². The summed E-state index contributed by atoms with van der Waals surface area (Å²) in [5, 5.41) is 19.6. The zero-order chi connectivity index (χ0) is 14.0. The fourth-order valence-corrected chi connectivity index (χ4v) is 1.86. The van der Waals surface area contributed by atoms with Crippen LogP contribution in [0.25, 0.3) is 0 Å². The molecule has 0 heterocycles. The quantitative estimate of drug-likeness (QED) is 0.789. The molecule has 0 radical (unpaired) electrons. The third-order valence-electron chi connectivity index (χ3n) is 2.49. The summed E-state index contributed by atoms with van der Waals surface area (Å²) in [7, 11) is 0. The van der Waals surface area contributed by atoms with E-state index >= 15 is 0 Å². The molecule has 0 aromatic heterocycles. The summed E-state index contributed by atoms with van der Waals surface area (Å²) >= 11 is 5.85. The summed E-state index contributed by atoms with van der Waals surface area (Å²) in [6.45, 7) is 0. The third-order valence-corrected chi connectivity index (χ3v) is 2.72. The highest BCUT2D eigenvalue weighted by molar-refractivity contribution is 6.31. The van der Waals surface area contributed by atoms with Crippen molar-refractivity contribution in [2.45, 2.75) is 0 Å². The number of carbonyl (C=O) groups is 1. The number of primary amides is 1. The lowest BCUT2D eigenvalue weighted by Crippen LogP contribution is -2.31. The summed E-state index contributed by atoms with van der Waals surface area (Å²) < 4.78 is 0. The van der Waals surface area contributed by atoms with Crippen LogP contribution in [0.5, 0.6) is 11.5 Å².